The molecule has 1 aromatic rings. The second kappa shape index (κ2) is 5.75. The standard InChI is InChI=1S/C13H17N3O2/c1-11-2-4-12(5-3-11)13(18)16(10-17)15-8-6-14-7-9-15/h2-5,10,14H,6-9H2,1H3. The SMILES string of the molecule is Cc1ccc(C(=O)N(C=O)N2CCNCC2)cc1. The molecule has 1 aromatic carbocycles. The van der Waals surface area contributed by atoms with Gasteiger partial charge in [-0.1, -0.05) is 17.7 Å². The van der Waals surface area contributed by atoms with Crippen molar-refractivity contribution < 1.29 is 9.59 Å². The van der Waals surface area contributed by atoms with Crippen LogP contribution in [0.1, 0.15) is 15.9 Å². The number of benzene rings is 1. The molecule has 0 radical (unpaired) electrons. The quantitative estimate of drug-likeness (QED) is 0.786. The third-order valence-corrected chi connectivity index (χ3v) is 3.00. The number of aryl methyl sites for hydroxylation is 1. The maximum absolute atomic E-state index is 12.2. The van der Waals surface area contributed by atoms with E-state index in [1.54, 1.807) is 17.1 Å². The van der Waals surface area contributed by atoms with Crippen LogP contribution in [0.3, 0.4) is 0 Å². The molecule has 0 atom stereocenters. The normalized spacial score (nSPS) is 16.3. The molecule has 0 aliphatic carbocycles. The maximum atomic E-state index is 12.2. The average Bonchev–Trinajstić information content (AvgIpc) is 2.41. The van der Waals surface area contributed by atoms with Crippen molar-refractivity contribution in [2.75, 3.05) is 26.2 Å². The van der Waals surface area contributed by atoms with Crippen molar-refractivity contribution in [2.45, 2.75) is 6.92 Å². The molecule has 0 saturated carbocycles. The van der Waals surface area contributed by atoms with Crippen LogP contribution in [0.25, 0.3) is 0 Å². The summed E-state index contributed by atoms with van der Waals surface area (Å²) < 4.78 is 0. The number of carbonyl (C=O) groups is 2. The molecule has 5 heteroatoms. The van der Waals surface area contributed by atoms with E-state index in [1.165, 1.54) is 5.01 Å². The number of nitrogens with one attached hydrogen (secondary N) is 1. The Labute approximate surface area is 106 Å². The maximum Gasteiger partial charge on any atom is 0.275 e. The Hall–Kier alpha value is -1.72. The number of amides is 2. The number of nitrogens with zero attached hydrogens (tertiary/aromatic N) is 2. The van der Waals surface area contributed by atoms with Gasteiger partial charge in [0.25, 0.3) is 5.91 Å². The molecule has 0 unspecified atom stereocenters. The molecular formula is C13H17N3O2. The molecule has 0 aromatic heterocycles. The highest BCUT2D eigenvalue weighted by molar-refractivity contribution is 5.99. The smallest absolute Gasteiger partial charge is 0.275 e. The fourth-order valence-corrected chi connectivity index (χ4v) is 1.94. The van der Waals surface area contributed by atoms with Gasteiger partial charge in [0, 0.05) is 31.7 Å². The van der Waals surface area contributed by atoms with Crippen LogP contribution in [0.4, 0.5) is 0 Å². The summed E-state index contributed by atoms with van der Waals surface area (Å²) in [5.41, 5.74) is 1.62. The molecule has 0 spiro atoms. The predicted octanol–water partition coefficient (Wildman–Crippen LogP) is 0.414. The molecule has 1 aliphatic heterocycles. The lowest BCUT2D eigenvalue weighted by molar-refractivity contribution is -0.129. The first-order valence-electron chi connectivity index (χ1n) is 6.03. The van der Waals surface area contributed by atoms with Gasteiger partial charge in [-0.05, 0) is 19.1 Å². The first-order chi connectivity index (χ1) is 8.72. The van der Waals surface area contributed by atoms with Gasteiger partial charge in [0.05, 0.1) is 0 Å². The second-order valence-electron chi connectivity index (χ2n) is 4.32. The van der Waals surface area contributed by atoms with E-state index in [4.69, 9.17) is 0 Å². The van der Waals surface area contributed by atoms with Gasteiger partial charge in [-0.15, -0.1) is 0 Å². The summed E-state index contributed by atoms with van der Waals surface area (Å²) in [7, 11) is 0. The Morgan fingerprint density at radius 2 is 1.89 bits per heavy atom. The summed E-state index contributed by atoms with van der Waals surface area (Å²) in [6, 6.07) is 7.23. The molecule has 1 aliphatic rings. The van der Waals surface area contributed by atoms with Crippen molar-refractivity contribution in [3.63, 3.8) is 0 Å². The Kier molecular flexibility index (Phi) is 4.07. The fourth-order valence-electron chi connectivity index (χ4n) is 1.94. The Morgan fingerprint density at radius 1 is 1.28 bits per heavy atom. The minimum Gasteiger partial charge on any atom is -0.314 e. The molecule has 0 bridgehead atoms. The zero-order chi connectivity index (χ0) is 13.0. The zero-order valence-electron chi connectivity index (χ0n) is 10.4. The molecular weight excluding hydrogens is 230 g/mol. The molecule has 2 rings (SSSR count). The van der Waals surface area contributed by atoms with E-state index in [-0.39, 0.29) is 5.91 Å². The summed E-state index contributed by atoms with van der Waals surface area (Å²) in [5.74, 6) is -0.271. The van der Waals surface area contributed by atoms with Crippen molar-refractivity contribution in [3.8, 4) is 0 Å². The average molecular weight is 247 g/mol. The van der Waals surface area contributed by atoms with Gasteiger partial charge in [0.15, 0.2) is 0 Å². The highest BCUT2D eigenvalue weighted by atomic mass is 16.2. The molecule has 1 fully saturated rings. The molecule has 5 nitrogen and oxygen atoms in total. The number of piperazine rings is 1. The highest BCUT2D eigenvalue weighted by Crippen LogP contribution is 2.09. The van der Waals surface area contributed by atoms with E-state index >= 15 is 0 Å². The van der Waals surface area contributed by atoms with Crippen LogP contribution in [0.5, 0.6) is 0 Å². The topological polar surface area (TPSA) is 52.7 Å². The largest absolute Gasteiger partial charge is 0.314 e. The van der Waals surface area contributed by atoms with Gasteiger partial charge in [-0.25, -0.2) is 10.0 Å². The Balaban J connectivity index is 2.13. The van der Waals surface area contributed by atoms with Crippen LogP contribution >= 0.6 is 0 Å². The zero-order valence-corrected chi connectivity index (χ0v) is 10.4. The van der Waals surface area contributed by atoms with Crippen molar-refractivity contribution >= 4 is 12.3 Å². The first kappa shape index (κ1) is 12.7. The van der Waals surface area contributed by atoms with E-state index in [1.807, 2.05) is 19.1 Å². The van der Waals surface area contributed by atoms with Crippen LogP contribution in [0, 0.1) is 6.92 Å². The lowest BCUT2D eigenvalue weighted by Crippen LogP contribution is -2.54. The van der Waals surface area contributed by atoms with Gasteiger partial charge in [0.1, 0.15) is 0 Å². The van der Waals surface area contributed by atoms with Crippen LogP contribution < -0.4 is 5.32 Å². The number of carbonyl (C=O) groups excluding carboxylic acids is 2. The fraction of sp³-hybridized carbons (Fsp3) is 0.385. The van der Waals surface area contributed by atoms with Gasteiger partial charge < -0.3 is 5.32 Å². The van der Waals surface area contributed by atoms with Crippen molar-refractivity contribution in [3.05, 3.63) is 35.4 Å². The highest BCUT2D eigenvalue weighted by Gasteiger charge is 2.23. The first-order valence-corrected chi connectivity index (χ1v) is 6.03. The summed E-state index contributed by atoms with van der Waals surface area (Å²) in [6.45, 7) is 4.85. The molecule has 1 N–H and O–H groups in total. The van der Waals surface area contributed by atoms with Crippen molar-refractivity contribution in [1.82, 2.24) is 15.3 Å². The third-order valence-electron chi connectivity index (χ3n) is 3.00. The number of hydrazine groups is 1. The minimum atomic E-state index is -0.271. The molecule has 18 heavy (non-hydrogen) atoms. The van der Waals surface area contributed by atoms with Gasteiger partial charge >= 0.3 is 0 Å². The summed E-state index contributed by atoms with van der Waals surface area (Å²) >= 11 is 0. The van der Waals surface area contributed by atoms with Crippen LogP contribution in [-0.2, 0) is 4.79 Å². The lowest BCUT2D eigenvalue weighted by Gasteiger charge is -2.33. The van der Waals surface area contributed by atoms with E-state index < -0.39 is 0 Å². The van der Waals surface area contributed by atoms with E-state index in [2.05, 4.69) is 5.32 Å². The molecule has 96 valence electrons. The summed E-state index contributed by atoms with van der Waals surface area (Å²) in [5, 5.41) is 6.13. The van der Waals surface area contributed by atoms with Gasteiger partial charge in [-0.2, -0.15) is 0 Å². The number of imide groups is 1. The van der Waals surface area contributed by atoms with Crippen LogP contribution in [0.2, 0.25) is 0 Å². The monoisotopic (exact) mass is 247 g/mol. The third kappa shape index (κ3) is 2.75. The Bertz CT molecular complexity index is 424. The van der Waals surface area contributed by atoms with Gasteiger partial charge in [-0.3, -0.25) is 9.59 Å². The minimum absolute atomic E-state index is 0.271. The number of rotatable bonds is 3. The molecule has 1 heterocycles. The summed E-state index contributed by atoms with van der Waals surface area (Å²) in [4.78, 5) is 23.3. The number of hydrogen-bond donors (Lipinski definition) is 1. The van der Waals surface area contributed by atoms with E-state index in [9.17, 15) is 9.59 Å². The number of hydrogen-bond acceptors (Lipinski definition) is 4. The molecule has 1 saturated heterocycles. The van der Waals surface area contributed by atoms with E-state index in [0.717, 1.165) is 18.7 Å². The second-order valence-corrected chi connectivity index (χ2v) is 4.32. The van der Waals surface area contributed by atoms with Crippen molar-refractivity contribution in [1.29, 1.82) is 0 Å². The van der Waals surface area contributed by atoms with Crippen molar-refractivity contribution in [2.24, 2.45) is 0 Å². The van der Waals surface area contributed by atoms with E-state index in [0.29, 0.717) is 25.1 Å². The predicted molar refractivity (Wildman–Crippen MR) is 67.9 cm³/mol. The molecule has 2 amide bonds. The van der Waals surface area contributed by atoms with Gasteiger partial charge in [0.2, 0.25) is 6.41 Å². The Morgan fingerprint density at radius 3 is 2.44 bits per heavy atom. The lowest BCUT2D eigenvalue weighted by atomic mass is 10.1. The van der Waals surface area contributed by atoms with Crippen LogP contribution in [-0.4, -0.2) is 48.5 Å². The van der Waals surface area contributed by atoms with Crippen LogP contribution in [0.15, 0.2) is 24.3 Å². The summed E-state index contributed by atoms with van der Waals surface area (Å²) in [6.07, 6.45) is 0.591.